The van der Waals surface area contributed by atoms with Crippen LogP contribution in [-0.4, -0.2) is 4.98 Å². The fraction of sp³-hybridized carbons (Fsp3) is 0.267. The highest BCUT2D eigenvalue weighted by Gasteiger charge is 2.07. The second-order valence-electron chi connectivity index (χ2n) is 4.58. The average Bonchev–Trinajstić information content (AvgIpc) is 2.41. The minimum Gasteiger partial charge on any atom is -0.306 e. The van der Waals surface area contributed by atoms with Crippen molar-refractivity contribution >= 4 is 23.2 Å². The van der Waals surface area contributed by atoms with Crippen molar-refractivity contribution in [2.24, 2.45) is 0 Å². The average molecular weight is 295 g/mol. The van der Waals surface area contributed by atoms with Gasteiger partial charge in [-0.15, -0.1) is 0 Å². The van der Waals surface area contributed by atoms with Gasteiger partial charge in [0, 0.05) is 24.5 Å². The highest BCUT2D eigenvalue weighted by atomic mass is 35.5. The van der Waals surface area contributed by atoms with E-state index in [1.165, 1.54) is 0 Å². The van der Waals surface area contributed by atoms with E-state index in [0.717, 1.165) is 23.4 Å². The van der Waals surface area contributed by atoms with Gasteiger partial charge >= 0.3 is 0 Å². The van der Waals surface area contributed by atoms with E-state index in [-0.39, 0.29) is 6.04 Å². The lowest BCUT2D eigenvalue weighted by Crippen LogP contribution is -2.18. The van der Waals surface area contributed by atoms with E-state index in [9.17, 15) is 0 Å². The molecule has 0 aliphatic heterocycles. The van der Waals surface area contributed by atoms with Gasteiger partial charge in [0.15, 0.2) is 0 Å². The number of hydrogen-bond acceptors (Lipinski definition) is 2. The Balaban J connectivity index is 1.98. The summed E-state index contributed by atoms with van der Waals surface area (Å²) in [5.41, 5.74) is 3.31. The molecule has 19 heavy (non-hydrogen) atoms. The Morgan fingerprint density at radius 1 is 1.16 bits per heavy atom. The lowest BCUT2D eigenvalue weighted by atomic mass is 10.1. The Morgan fingerprint density at radius 3 is 2.58 bits per heavy atom. The third-order valence-corrected chi connectivity index (χ3v) is 3.77. The van der Waals surface area contributed by atoms with Crippen LogP contribution in [0.15, 0.2) is 36.5 Å². The highest BCUT2D eigenvalue weighted by Crippen LogP contribution is 2.25. The summed E-state index contributed by atoms with van der Waals surface area (Å²) in [4.78, 5) is 4.28. The molecule has 1 unspecified atom stereocenters. The normalized spacial score (nSPS) is 12.4. The smallest absolute Gasteiger partial charge is 0.0595 e. The number of hydrogen-bond donors (Lipinski definition) is 1. The predicted octanol–water partition coefficient (Wildman–Crippen LogP) is 4.55. The first-order chi connectivity index (χ1) is 9.06. The highest BCUT2D eigenvalue weighted by molar-refractivity contribution is 6.42. The van der Waals surface area contributed by atoms with Gasteiger partial charge in [-0.05, 0) is 43.2 Å². The first-order valence-electron chi connectivity index (χ1n) is 6.16. The molecule has 0 amide bonds. The quantitative estimate of drug-likeness (QED) is 0.895. The van der Waals surface area contributed by atoms with Crippen molar-refractivity contribution < 1.29 is 0 Å². The molecule has 0 aliphatic rings. The molecule has 1 heterocycles. The standard InChI is InChI=1S/C15H16Cl2N2/c1-10-3-4-12(8-18-10)9-19-11(2)13-5-6-14(16)15(17)7-13/h3-8,11,19H,9H2,1-2H3. The SMILES string of the molecule is Cc1ccc(CNC(C)c2ccc(Cl)c(Cl)c2)cn1. The minimum atomic E-state index is 0.205. The maximum absolute atomic E-state index is 6.02. The van der Waals surface area contributed by atoms with Crippen molar-refractivity contribution in [1.82, 2.24) is 10.3 Å². The van der Waals surface area contributed by atoms with Gasteiger partial charge in [-0.1, -0.05) is 35.3 Å². The van der Waals surface area contributed by atoms with Crippen LogP contribution in [0.3, 0.4) is 0 Å². The first kappa shape index (κ1) is 14.3. The van der Waals surface area contributed by atoms with Crippen molar-refractivity contribution in [3.63, 3.8) is 0 Å². The van der Waals surface area contributed by atoms with Crippen molar-refractivity contribution in [2.75, 3.05) is 0 Å². The molecule has 2 aromatic rings. The van der Waals surface area contributed by atoms with Crippen molar-refractivity contribution in [3.8, 4) is 0 Å². The summed E-state index contributed by atoms with van der Waals surface area (Å²) in [6.45, 7) is 4.85. The van der Waals surface area contributed by atoms with Crippen molar-refractivity contribution in [2.45, 2.75) is 26.4 Å². The first-order valence-corrected chi connectivity index (χ1v) is 6.91. The molecule has 1 aromatic carbocycles. The minimum absolute atomic E-state index is 0.205. The van der Waals surface area contributed by atoms with Gasteiger partial charge in [0.05, 0.1) is 10.0 Å². The number of nitrogens with one attached hydrogen (secondary N) is 1. The molecule has 0 saturated carbocycles. The number of benzene rings is 1. The Morgan fingerprint density at radius 2 is 1.95 bits per heavy atom. The summed E-state index contributed by atoms with van der Waals surface area (Å²) in [7, 11) is 0. The molecule has 0 spiro atoms. The van der Waals surface area contributed by atoms with Crippen LogP contribution in [0.5, 0.6) is 0 Å². The van der Waals surface area contributed by atoms with E-state index < -0.39 is 0 Å². The number of aromatic nitrogens is 1. The molecule has 0 bridgehead atoms. The fourth-order valence-corrected chi connectivity index (χ4v) is 2.08. The Bertz CT molecular complexity index is 553. The Kier molecular flexibility index (Phi) is 4.81. The third-order valence-electron chi connectivity index (χ3n) is 3.03. The second-order valence-corrected chi connectivity index (χ2v) is 5.40. The molecule has 2 rings (SSSR count). The zero-order valence-corrected chi connectivity index (χ0v) is 12.5. The topological polar surface area (TPSA) is 24.9 Å². The van der Waals surface area contributed by atoms with E-state index in [4.69, 9.17) is 23.2 Å². The summed E-state index contributed by atoms with van der Waals surface area (Å²) in [6, 6.07) is 10.0. The Hall–Kier alpha value is -1.09. The third kappa shape index (κ3) is 3.93. The lowest BCUT2D eigenvalue weighted by Gasteiger charge is -2.15. The van der Waals surface area contributed by atoms with Gasteiger partial charge in [0.25, 0.3) is 0 Å². The number of rotatable bonds is 4. The van der Waals surface area contributed by atoms with Crippen LogP contribution in [0.2, 0.25) is 10.0 Å². The number of pyridine rings is 1. The zero-order chi connectivity index (χ0) is 13.8. The summed E-state index contributed by atoms with van der Waals surface area (Å²) < 4.78 is 0. The van der Waals surface area contributed by atoms with E-state index in [2.05, 4.69) is 23.3 Å². The Labute approximate surface area is 123 Å². The summed E-state index contributed by atoms with van der Waals surface area (Å²) in [5, 5.41) is 4.61. The van der Waals surface area contributed by atoms with Crippen molar-refractivity contribution in [3.05, 3.63) is 63.4 Å². The van der Waals surface area contributed by atoms with Gasteiger partial charge in [0.1, 0.15) is 0 Å². The van der Waals surface area contributed by atoms with E-state index >= 15 is 0 Å². The van der Waals surface area contributed by atoms with Gasteiger partial charge in [0.2, 0.25) is 0 Å². The van der Waals surface area contributed by atoms with E-state index in [0.29, 0.717) is 10.0 Å². The number of aryl methyl sites for hydroxylation is 1. The van der Waals surface area contributed by atoms with Gasteiger partial charge in [-0.25, -0.2) is 0 Å². The predicted molar refractivity (Wildman–Crippen MR) is 80.7 cm³/mol. The molecule has 0 saturated heterocycles. The van der Waals surface area contributed by atoms with Crippen LogP contribution in [0.4, 0.5) is 0 Å². The largest absolute Gasteiger partial charge is 0.306 e. The molecule has 100 valence electrons. The van der Waals surface area contributed by atoms with Crippen molar-refractivity contribution in [1.29, 1.82) is 0 Å². The van der Waals surface area contributed by atoms with Crippen LogP contribution in [0.1, 0.15) is 29.8 Å². The molecular weight excluding hydrogens is 279 g/mol. The van der Waals surface area contributed by atoms with Crippen LogP contribution in [-0.2, 0) is 6.54 Å². The maximum Gasteiger partial charge on any atom is 0.0595 e. The van der Waals surface area contributed by atoms with Crippen LogP contribution < -0.4 is 5.32 Å². The maximum atomic E-state index is 6.02. The molecule has 0 fully saturated rings. The summed E-state index contributed by atoms with van der Waals surface area (Å²) >= 11 is 11.9. The second kappa shape index (κ2) is 6.38. The molecular formula is C15H16Cl2N2. The number of halogens is 2. The monoisotopic (exact) mass is 294 g/mol. The molecule has 1 N–H and O–H groups in total. The molecule has 4 heteroatoms. The van der Waals surface area contributed by atoms with Gasteiger partial charge < -0.3 is 5.32 Å². The van der Waals surface area contributed by atoms with Gasteiger partial charge in [-0.3, -0.25) is 4.98 Å². The fourth-order valence-electron chi connectivity index (χ4n) is 1.77. The van der Waals surface area contributed by atoms with Crippen LogP contribution in [0.25, 0.3) is 0 Å². The van der Waals surface area contributed by atoms with Gasteiger partial charge in [-0.2, -0.15) is 0 Å². The molecule has 0 aliphatic carbocycles. The van der Waals surface area contributed by atoms with E-state index in [1.807, 2.05) is 37.4 Å². The molecule has 1 atom stereocenters. The van der Waals surface area contributed by atoms with Crippen LogP contribution in [0, 0.1) is 6.92 Å². The summed E-state index contributed by atoms with van der Waals surface area (Å²) in [5.74, 6) is 0. The summed E-state index contributed by atoms with van der Waals surface area (Å²) in [6.07, 6.45) is 1.89. The molecule has 1 aromatic heterocycles. The molecule has 2 nitrogen and oxygen atoms in total. The lowest BCUT2D eigenvalue weighted by molar-refractivity contribution is 0.574. The van der Waals surface area contributed by atoms with E-state index in [1.54, 1.807) is 0 Å². The number of nitrogens with zero attached hydrogens (tertiary/aromatic N) is 1. The zero-order valence-electron chi connectivity index (χ0n) is 11.0. The van der Waals surface area contributed by atoms with Crippen LogP contribution >= 0.6 is 23.2 Å². The molecule has 0 radical (unpaired) electrons.